The second-order valence-corrected chi connectivity index (χ2v) is 3.76. The van der Waals surface area contributed by atoms with Crippen LogP contribution in [0.5, 0.6) is 5.75 Å². The van der Waals surface area contributed by atoms with Crippen LogP contribution in [0.25, 0.3) is 0 Å². The van der Waals surface area contributed by atoms with Crippen molar-refractivity contribution in [3.63, 3.8) is 0 Å². The number of rotatable bonds is 6. The zero-order chi connectivity index (χ0) is 13.5. The second-order valence-electron chi connectivity index (χ2n) is 3.76. The predicted octanol–water partition coefficient (Wildman–Crippen LogP) is 0.0145. The van der Waals surface area contributed by atoms with Gasteiger partial charge in [-0.15, -0.1) is 0 Å². The molecule has 6 heteroatoms. The molecule has 100 valence electrons. The maximum atomic E-state index is 11.9. The number of aliphatic hydroxyl groups is 1. The second kappa shape index (κ2) is 6.83. The topological polar surface area (TPSA) is 93.8 Å². The highest BCUT2D eigenvalue weighted by molar-refractivity contribution is 5.99. The SMILES string of the molecule is COCC(CO)NC(=O)c1ccc(OC)cc1N. The first-order valence-corrected chi connectivity index (χ1v) is 5.46. The van der Waals surface area contributed by atoms with Crippen molar-refractivity contribution < 1.29 is 19.4 Å². The van der Waals surface area contributed by atoms with E-state index >= 15 is 0 Å². The van der Waals surface area contributed by atoms with Crippen molar-refractivity contribution in [2.24, 2.45) is 0 Å². The van der Waals surface area contributed by atoms with Crippen molar-refractivity contribution >= 4 is 11.6 Å². The van der Waals surface area contributed by atoms with Gasteiger partial charge >= 0.3 is 0 Å². The van der Waals surface area contributed by atoms with E-state index in [1.165, 1.54) is 14.2 Å². The minimum atomic E-state index is -0.455. The number of nitrogens with two attached hydrogens (primary N) is 1. The average Bonchev–Trinajstić information content (AvgIpc) is 2.37. The quantitative estimate of drug-likeness (QED) is 0.622. The lowest BCUT2D eigenvalue weighted by Crippen LogP contribution is -2.40. The van der Waals surface area contributed by atoms with Gasteiger partial charge in [-0.3, -0.25) is 4.79 Å². The van der Waals surface area contributed by atoms with E-state index in [2.05, 4.69) is 5.32 Å². The van der Waals surface area contributed by atoms with Gasteiger partial charge in [0.2, 0.25) is 0 Å². The molecule has 6 nitrogen and oxygen atoms in total. The van der Waals surface area contributed by atoms with Gasteiger partial charge in [-0.05, 0) is 12.1 Å². The van der Waals surface area contributed by atoms with Crippen molar-refractivity contribution in [1.82, 2.24) is 5.32 Å². The summed E-state index contributed by atoms with van der Waals surface area (Å²) in [6.07, 6.45) is 0. The van der Waals surface area contributed by atoms with Crippen LogP contribution in [0, 0.1) is 0 Å². The van der Waals surface area contributed by atoms with E-state index < -0.39 is 6.04 Å². The van der Waals surface area contributed by atoms with Gasteiger partial charge in [0.25, 0.3) is 5.91 Å². The predicted molar refractivity (Wildman–Crippen MR) is 67.6 cm³/mol. The molecule has 0 aliphatic carbocycles. The van der Waals surface area contributed by atoms with Crippen LogP contribution < -0.4 is 15.8 Å². The maximum Gasteiger partial charge on any atom is 0.253 e. The first kappa shape index (κ1) is 14.3. The Morgan fingerprint density at radius 2 is 2.22 bits per heavy atom. The molecule has 0 fully saturated rings. The molecular formula is C12H18N2O4. The van der Waals surface area contributed by atoms with Crippen LogP contribution in [0.2, 0.25) is 0 Å². The van der Waals surface area contributed by atoms with Crippen LogP contribution in [0.4, 0.5) is 5.69 Å². The third kappa shape index (κ3) is 3.61. The number of methoxy groups -OCH3 is 2. The minimum Gasteiger partial charge on any atom is -0.497 e. The summed E-state index contributed by atoms with van der Waals surface area (Å²) in [5.41, 5.74) is 6.41. The molecule has 1 aromatic carbocycles. The molecule has 0 aliphatic heterocycles. The molecule has 1 amide bonds. The third-order valence-corrected chi connectivity index (χ3v) is 2.43. The molecule has 0 aliphatic rings. The van der Waals surface area contributed by atoms with Gasteiger partial charge in [0.1, 0.15) is 5.75 Å². The van der Waals surface area contributed by atoms with Crippen LogP contribution in [0.3, 0.4) is 0 Å². The molecule has 0 saturated heterocycles. The fourth-order valence-electron chi connectivity index (χ4n) is 1.48. The number of hydrogen-bond acceptors (Lipinski definition) is 5. The summed E-state index contributed by atoms with van der Waals surface area (Å²) >= 11 is 0. The summed E-state index contributed by atoms with van der Waals surface area (Å²) < 4.78 is 9.87. The van der Waals surface area contributed by atoms with E-state index in [4.69, 9.17) is 20.3 Å². The summed E-state index contributed by atoms with van der Waals surface area (Å²) in [6, 6.07) is 4.34. The molecule has 0 aromatic heterocycles. The molecule has 0 radical (unpaired) electrons. The number of hydrogen-bond donors (Lipinski definition) is 3. The van der Waals surface area contributed by atoms with Crippen LogP contribution in [0.15, 0.2) is 18.2 Å². The Bertz CT molecular complexity index is 409. The van der Waals surface area contributed by atoms with Gasteiger partial charge in [-0.25, -0.2) is 0 Å². The van der Waals surface area contributed by atoms with Gasteiger partial charge in [0.15, 0.2) is 0 Å². The Hall–Kier alpha value is -1.79. The van der Waals surface area contributed by atoms with E-state index in [1.54, 1.807) is 18.2 Å². The van der Waals surface area contributed by atoms with Crippen molar-refractivity contribution in [3.8, 4) is 5.75 Å². The number of anilines is 1. The van der Waals surface area contributed by atoms with Crippen LogP contribution in [-0.4, -0.2) is 44.5 Å². The van der Waals surface area contributed by atoms with Crippen molar-refractivity contribution in [2.45, 2.75) is 6.04 Å². The molecule has 0 bridgehead atoms. The van der Waals surface area contributed by atoms with Crippen LogP contribution in [-0.2, 0) is 4.74 Å². The van der Waals surface area contributed by atoms with Gasteiger partial charge in [0.05, 0.1) is 31.9 Å². The van der Waals surface area contributed by atoms with E-state index in [9.17, 15) is 4.79 Å². The summed E-state index contributed by atoms with van der Waals surface area (Å²) in [5.74, 6) is 0.228. The molecule has 1 aromatic rings. The first-order chi connectivity index (χ1) is 8.62. The Morgan fingerprint density at radius 1 is 1.50 bits per heavy atom. The molecule has 1 atom stereocenters. The fourth-order valence-corrected chi connectivity index (χ4v) is 1.48. The van der Waals surface area contributed by atoms with Crippen molar-refractivity contribution in [3.05, 3.63) is 23.8 Å². The number of aliphatic hydroxyl groups excluding tert-OH is 1. The summed E-state index contributed by atoms with van der Waals surface area (Å²) in [6.45, 7) is 0.0357. The maximum absolute atomic E-state index is 11.9. The number of amides is 1. The van der Waals surface area contributed by atoms with Gasteiger partial charge in [-0.1, -0.05) is 0 Å². The van der Waals surface area contributed by atoms with Crippen LogP contribution >= 0.6 is 0 Å². The summed E-state index contributed by atoms with van der Waals surface area (Å²) in [5, 5.41) is 11.7. The Balaban J connectivity index is 2.77. The fraction of sp³-hybridized carbons (Fsp3) is 0.417. The lowest BCUT2D eigenvalue weighted by atomic mass is 10.1. The number of carbonyl (C=O) groups is 1. The Kier molecular flexibility index (Phi) is 5.41. The van der Waals surface area contributed by atoms with Gasteiger partial charge < -0.3 is 25.6 Å². The standard InChI is InChI=1S/C12H18N2O4/c1-17-7-8(6-15)14-12(16)10-4-3-9(18-2)5-11(10)13/h3-5,8,15H,6-7,13H2,1-2H3,(H,14,16). The van der Waals surface area contributed by atoms with E-state index in [1.807, 2.05) is 0 Å². The number of benzene rings is 1. The van der Waals surface area contributed by atoms with Crippen molar-refractivity contribution in [1.29, 1.82) is 0 Å². The molecule has 0 heterocycles. The highest BCUT2D eigenvalue weighted by Crippen LogP contribution is 2.19. The van der Waals surface area contributed by atoms with E-state index in [-0.39, 0.29) is 19.1 Å². The molecule has 18 heavy (non-hydrogen) atoms. The molecule has 0 spiro atoms. The Labute approximate surface area is 106 Å². The van der Waals surface area contributed by atoms with E-state index in [0.717, 1.165) is 0 Å². The molecule has 1 rings (SSSR count). The Morgan fingerprint density at radius 3 is 2.72 bits per heavy atom. The van der Waals surface area contributed by atoms with Gasteiger partial charge in [-0.2, -0.15) is 0 Å². The lowest BCUT2D eigenvalue weighted by Gasteiger charge is -2.16. The highest BCUT2D eigenvalue weighted by Gasteiger charge is 2.15. The summed E-state index contributed by atoms with van der Waals surface area (Å²) in [4.78, 5) is 11.9. The van der Waals surface area contributed by atoms with Crippen LogP contribution in [0.1, 0.15) is 10.4 Å². The number of nitrogens with one attached hydrogen (secondary N) is 1. The number of ether oxygens (including phenoxy) is 2. The lowest BCUT2D eigenvalue weighted by molar-refractivity contribution is 0.0840. The normalized spacial score (nSPS) is 11.9. The van der Waals surface area contributed by atoms with E-state index in [0.29, 0.717) is 17.0 Å². The molecule has 1 unspecified atom stereocenters. The zero-order valence-corrected chi connectivity index (χ0v) is 10.5. The monoisotopic (exact) mass is 254 g/mol. The summed E-state index contributed by atoms with van der Waals surface area (Å²) in [7, 11) is 3.02. The van der Waals surface area contributed by atoms with Crippen molar-refractivity contribution in [2.75, 3.05) is 33.2 Å². The van der Waals surface area contributed by atoms with Gasteiger partial charge in [0, 0.05) is 18.9 Å². The number of carbonyl (C=O) groups excluding carboxylic acids is 1. The first-order valence-electron chi connectivity index (χ1n) is 5.46. The smallest absolute Gasteiger partial charge is 0.253 e. The average molecular weight is 254 g/mol. The largest absolute Gasteiger partial charge is 0.497 e. The molecule has 0 saturated carbocycles. The minimum absolute atomic E-state index is 0.199. The number of nitrogen functional groups attached to an aromatic ring is 1. The third-order valence-electron chi connectivity index (χ3n) is 2.43. The molecular weight excluding hydrogens is 236 g/mol. The molecule has 4 N–H and O–H groups in total. The zero-order valence-electron chi connectivity index (χ0n) is 10.5. The highest BCUT2D eigenvalue weighted by atomic mass is 16.5.